The van der Waals surface area contributed by atoms with Crippen molar-refractivity contribution in [1.29, 1.82) is 0 Å². The van der Waals surface area contributed by atoms with Crippen molar-refractivity contribution >= 4 is 17.7 Å². The Morgan fingerprint density at radius 3 is 2.14 bits per heavy atom. The first-order chi connectivity index (χ1) is 6.06. The van der Waals surface area contributed by atoms with Gasteiger partial charge in [-0.3, -0.25) is 4.79 Å². The number of thioether (sulfide) groups is 1. The molecule has 14 heavy (non-hydrogen) atoms. The number of rotatable bonds is 5. The Balaban J connectivity index is 4.27. The summed E-state index contributed by atoms with van der Waals surface area (Å²) < 4.78 is -0.578. The van der Waals surface area contributed by atoms with Gasteiger partial charge >= 0.3 is 5.97 Å². The van der Waals surface area contributed by atoms with Crippen LogP contribution in [0.25, 0.3) is 0 Å². The fourth-order valence-electron chi connectivity index (χ4n) is 0.750. The van der Waals surface area contributed by atoms with Crippen LogP contribution < -0.4 is 5.73 Å². The molecule has 0 saturated carbocycles. The van der Waals surface area contributed by atoms with Crippen LogP contribution in [0.2, 0.25) is 0 Å². The van der Waals surface area contributed by atoms with Crippen LogP contribution in [0, 0.1) is 0 Å². The van der Waals surface area contributed by atoms with Crippen molar-refractivity contribution in [1.82, 2.24) is 0 Å². The Hall–Kier alpha value is -0.260. The Morgan fingerprint density at radius 2 is 1.86 bits per heavy atom. The molecule has 0 aromatic rings. The van der Waals surface area contributed by atoms with Crippen LogP contribution in [0.3, 0.4) is 0 Å². The summed E-state index contributed by atoms with van der Waals surface area (Å²) in [7, 11) is 0. The molecule has 0 heterocycles. The largest absolute Gasteiger partial charge is 0.480 e. The molecule has 0 aromatic carbocycles. The third-order valence-corrected chi connectivity index (χ3v) is 3.66. The normalized spacial score (nSPS) is 15.3. The lowest BCUT2D eigenvalue weighted by Gasteiger charge is -2.30. The van der Waals surface area contributed by atoms with Crippen molar-refractivity contribution in [3.05, 3.63) is 0 Å². The molecule has 0 radical (unpaired) electrons. The highest BCUT2D eigenvalue weighted by molar-refractivity contribution is 8.00. The highest BCUT2D eigenvalue weighted by Crippen LogP contribution is 2.30. The minimum atomic E-state index is -1.02. The van der Waals surface area contributed by atoms with Gasteiger partial charge in [0.05, 0.1) is 5.60 Å². The van der Waals surface area contributed by atoms with E-state index in [0.717, 1.165) is 0 Å². The van der Waals surface area contributed by atoms with Crippen LogP contribution in [-0.4, -0.2) is 38.3 Å². The van der Waals surface area contributed by atoms with E-state index in [4.69, 9.17) is 10.8 Å². The van der Waals surface area contributed by atoms with Gasteiger partial charge in [-0.15, -0.1) is 0 Å². The maximum atomic E-state index is 10.7. The Kier molecular flexibility index (Phi) is 4.42. The molecule has 0 unspecified atom stereocenters. The molecule has 0 bridgehead atoms. The summed E-state index contributed by atoms with van der Waals surface area (Å²) in [6.45, 7) is 6.90. The van der Waals surface area contributed by atoms with E-state index in [9.17, 15) is 9.90 Å². The third kappa shape index (κ3) is 4.83. The van der Waals surface area contributed by atoms with Gasteiger partial charge in [-0.25, -0.2) is 0 Å². The molecule has 0 rings (SSSR count). The molecule has 0 aliphatic carbocycles. The monoisotopic (exact) mass is 221 g/mol. The van der Waals surface area contributed by atoms with Gasteiger partial charge < -0.3 is 15.9 Å². The smallest absolute Gasteiger partial charge is 0.321 e. The van der Waals surface area contributed by atoms with Crippen LogP contribution in [0.1, 0.15) is 27.7 Å². The molecule has 0 saturated heterocycles. The fraction of sp³-hybridized carbons (Fsp3) is 0.889. The van der Waals surface area contributed by atoms with Gasteiger partial charge in [-0.2, -0.15) is 11.8 Å². The van der Waals surface area contributed by atoms with Crippen molar-refractivity contribution < 1.29 is 15.0 Å². The molecule has 0 spiro atoms. The van der Waals surface area contributed by atoms with Crippen molar-refractivity contribution in [3.63, 3.8) is 0 Å². The van der Waals surface area contributed by atoms with Crippen LogP contribution in [0.5, 0.6) is 0 Å². The highest BCUT2D eigenvalue weighted by atomic mass is 32.2. The summed E-state index contributed by atoms with van der Waals surface area (Å²) in [5.41, 5.74) is 4.72. The molecule has 0 aliphatic rings. The lowest BCUT2D eigenvalue weighted by atomic mass is 10.1. The van der Waals surface area contributed by atoms with Crippen molar-refractivity contribution in [2.24, 2.45) is 5.73 Å². The number of carboxylic acid groups (broad SMARTS) is 1. The second kappa shape index (κ2) is 4.51. The number of carboxylic acids is 1. The van der Waals surface area contributed by atoms with Crippen LogP contribution in [0.4, 0.5) is 0 Å². The van der Waals surface area contributed by atoms with Crippen molar-refractivity contribution in [2.75, 3.05) is 5.75 Å². The third-order valence-electron chi connectivity index (χ3n) is 1.81. The minimum Gasteiger partial charge on any atom is -0.480 e. The van der Waals surface area contributed by atoms with Crippen LogP contribution >= 0.6 is 11.8 Å². The number of hydrogen-bond donors (Lipinski definition) is 3. The summed E-state index contributed by atoms with van der Waals surface area (Å²) >= 11 is 1.37. The number of nitrogens with two attached hydrogens (primary N) is 1. The van der Waals surface area contributed by atoms with E-state index in [0.29, 0.717) is 5.75 Å². The first-order valence-electron chi connectivity index (χ1n) is 4.41. The van der Waals surface area contributed by atoms with E-state index < -0.39 is 22.4 Å². The summed E-state index contributed by atoms with van der Waals surface area (Å²) in [5.74, 6) is -0.556. The zero-order valence-corrected chi connectivity index (χ0v) is 9.89. The predicted octanol–water partition coefficient (Wildman–Crippen LogP) is 0.681. The topological polar surface area (TPSA) is 83.5 Å². The first kappa shape index (κ1) is 13.7. The van der Waals surface area contributed by atoms with Gasteiger partial charge in [-0.1, -0.05) is 0 Å². The quantitative estimate of drug-likeness (QED) is 0.636. The molecule has 4 nitrogen and oxygen atoms in total. The SMILES string of the molecule is CC(C)(O)CSC(C)(C)[C@H](N)C(=O)O. The van der Waals surface area contributed by atoms with Gasteiger partial charge in [0.15, 0.2) is 0 Å². The maximum Gasteiger partial charge on any atom is 0.321 e. The number of aliphatic carboxylic acids is 1. The van der Waals surface area contributed by atoms with Gasteiger partial charge in [0.2, 0.25) is 0 Å². The molecule has 0 amide bonds. The Bertz CT molecular complexity index is 211. The van der Waals surface area contributed by atoms with E-state index in [1.807, 2.05) is 0 Å². The van der Waals surface area contributed by atoms with E-state index in [1.165, 1.54) is 11.8 Å². The van der Waals surface area contributed by atoms with E-state index in [1.54, 1.807) is 27.7 Å². The lowest BCUT2D eigenvalue weighted by Crippen LogP contribution is -2.47. The second-order valence-corrected chi connectivity index (χ2v) is 6.15. The molecular formula is C9H19NO3S. The zero-order chi connectivity index (χ0) is 11.6. The van der Waals surface area contributed by atoms with Crippen LogP contribution in [0.15, 0.2) is 0 Å². The first-order valence-corrected chi connectivity index (χ1v) is 5.39. The van der Waals surface area contributed by atoms with E-state index >= 15 is 0 Å². The summed E-state index contributed by atoms with van der Waals surface area (Å²) in [6.07, 6.45) is 0. The van der Waals surface area contributed by atoms with Crippen molar-refractivity contribution in [3.8, 4) is 0 Å². The summed E-state index contributed by atoms with van der Waals surface area (Å²) in [5, 5.41) is 18.2. The minimum absolute atomic E-state index is 0.459. The zero-order valence-electron chi connectivity index (χ0n) is 9.07. The Morgan fingerprint density at radius 1 is 1.43 bits per heavy atom. The van der Waals surface area contributed by atoms with Gasteiger partial charge in [0.25, 0.3) is 0 Å². The van der Waals surface area contributed by atoms with E-state index in [2.05, 4.69) is 0 Å². The summed E-state index contributed by atoms with van der Waals surface area (Å²) in [4.78, 5) is 10.7. The predicted molar refractivity (Wildman–Crippen MR) is 58.4 cm³/mol. The highest BCUT2D eigenvalue weighted by Gasteiger charge is 2.33. The standard InChI is InChI=1S/C9H19NO3S/c1-8(2,13)5-14-9(3,4)6(10)7(11)12/h6,13H,5,10H2,1-4H3,(H,11,12)/t6-/m1/s1. The van der Waals surface area contributed by atoms with Gasteiger partial charge in [0.1, 0.15) is 6.04 Å². The maximum absolute atomic E-state index is 10.7. The van der Waals surface area contributed by atoms with Gasteiger partial charge in [-0.05, 0) is 27.7 Å². The van der Waals surface area contributed by atoms with Crippen LogP contribution in [-0.2, 0) is 4.79 Å². The molecule has 0 fully saturated rings. The lowest BCUT2D eigenvalue weighted by molar-refractivity contribution is -0.139. The second-order valence-electron chi connectivity index (χ2n) is 4.52. The number of carbonyl (C=O) groups is 1. The fourth-order valence-corrected chi connectivity index (χ4v) is 1.76. The molecule has 84 valence electrons. The molecular weight excluding hydrogens is 202 g/mol. The number of hydrogen-bond acceptors (Lipinski definition) is 4. The van der Waals surface area contributed by atoms with Gasteiger partial charge in [0, 0.05) is 10.5 Å². The molecule has 5 heteroatoms. The average Bonchev–Trinajstić information content (AvgIpc) is 1.98. The molecule has 1 atom stereocenters. The van der Waals surface area contributed by atoms with Crippen molar-refractivity contribution in [2.45, 2.75) is 44.1 Å². The average molecular weight is 221 g/mol. The molecule has 4 N–H and O–H groups in total. The molecule has 0 aromatic heterocycles. The number of aliphatic hydroxyl groups is 1. The molecule has 0 aliphatic heterocycles. The Labute approximate surface area is 88.9 Å². The van der Waals surface area contributed by atoms with E-state index in [-0.39, 0.29) is 0 Å². The summed E-state index contributed by atoms with van der Waals surface area (Å²) in [6, 6.07) is -0.921.